The number of hydrogen-bond acceptors (Lipinski definition) is 10. The van der Waals surface area contributed by atoms with Gasteiger partial charge in [0, 0.05) is 19.0 Å². The molecular formula is C26H40N2O10. The molecule has 38 heavy (non-hydrogen) atoms. The lowest BCUT2D eigenvalue weighted by Gasteiger charge is -2.38. The number of aliphatic hydroxyl groups is 3. The number of carboxylic acid groups (broad SMARTS) is 1. The molecule has 1 aliphatic rings. The molecule has 1 aromatic rings. The lowest BCUT2D eigenvalue weighted by molar-refractivity contribution is -0.271. The Morgan fingerprint density at radius 1 is 1.08 bits per heavy atom. The molecule has 0 aliphatic carbocycles. The van der Waals surface area contributed by atoms with Crippen molar-refractivity contribution in [2.24, 2.45) is 5.92 Å². The molecule has 12 nitrogen and oxygen atoms in total. The summed E-state index contributed by atoms with van der Waals surface area (Å²) in [4.78, 5) is 36.3. The number of ether oxygens (including phenoxy) is 3. The molecule has 2 rings (SSSR count). The smallest absolute Gasteiger partial charge is 0.335 e. The number of aliphatic carboxylic acids is 1. The second-order valence-corrected chi connectivity index (χ2v) is 9.54. The predicted molar refractivity (Wildman–Crippen MR) is 136 cm³/mol. The fraction of sp³-hybridized carbons (Fsp3) is 0.654. The summed E-state index contributed by atoms with van der Waals surface area (Å²) in [6, 6.07) is 4.78. The number of carboxylic acids is 1. The normalized spacial score (nSPS) is 24.8. The first-order chi connectivity index (χ1) is 18.0. The first kappa shape index (κ1) is 31.4. The molecule has 0 saturated carbocycles. The van der Waals surface area contributed by atoms with Gasteiger partial charge in [0.15, 0.2) is 6.10 Å². The molecular weight excluding hydrogens is 500 g/mol. The standard InChI is InChI=1S/C26H40N2O10/c1-5-7-14(3)25(35)36-13-16-8-9-18(17(12-16)28-19(29)10-11-27-15(4)6-2)37-26-22(32)20(30)21(31)23(38-26)24(33)34/h8-9,12,14-15,20-23,26-27,30-32H,5-7,10-11,13H2,1-4H3,(H,28,29)(H,33,34)/t14?,15?,20-,21-,22+,23-,26+/m0/s1. The van der Waals surface area contributed by atoms with E-state index in [4.69, 9.17) is 14.2 Å². The van der Waals surface area contributed by atoms with E-state index < -0.39 is 36.7 Å². The van der Waals surface area contributed by atoms with E-state index in [1.54, 1.807) is 13.0 Å². The van der Waals surface area contributed by atoms with Gasteiger partial charge in [-0.25, -0.2) is 4.79 Å². The van der Waals surface area contributed by atoms with E-state index in [0.717, 1.165) is 12.8 Å². The average Bonchev–Trinajstić information content (AvgIpc) is 2.88. The van der Waals surface area contributed by atoms with Crippen LogP contribution in [0.3, 0.4) is 0 Å². The number of benzene rings is 1. The van der Waals surface area contributed by atoms with Gasteiger partial charge in [0.25, 0.3) is 0 Å². The van der Waals surface area contributed by atoms with E-state index in [-0.39, 0.29) is 48.3 Å². The van der Waals surface area contributed by atoms with Crippen LogP contribution < -0.4 is 15.4 Å². The first-order valence-electron chi connectivity index (χ1n) is 12.9. The third-order valence-electron chi connectivity index (χ3n) is 6.34. The van der Waals surface area contributed by atoms with Crippen LogP contribution in [0, 0.1) is 5.92 Å². The van der Waals surface area contributed by atoms with Crippen molar-refractivity contribution in [1.82, 2.24) is 5.32 Å². The van der Waals surface area contributed by atoms with E-state index in [0.29, 0.717) is 18.5 Å². The van der Waals surface area contributed by atoms with Gasteiger partial charge in [-0.1, -0.05) is 33.3 Å². The Morgan fingerprint density at radius 3 is 2.42 bits per heavy atom. The SMILES string of the molecule is CCCC(C)C(=O)OCc1ccc(O[C@@H]2O[C@H](C(=O)O)[C@@H](O)[C@H](O)[C@H]2O)c(NC(=O)CCNC(C)CC)c1. The van der Waals surface area contributed by atoms with Crippen LogP contribution in [0.2, 0.25) is 0 Å². The van der Waals surface area contributed by atoms with E-state index in [2.05, 4.69) is 10.6 Å². The minimum absolute atomic E-state index is 0.0134. The van der Waals surface area contributed by atoms with Gasteiger partial charge in [-0.2, -0.15) is 0 Å². The van der Waals surface area contributed by atoms with Gasteiger partial charge in [-0.3, -0.25) is 9.59 Å². The molecule has 2 unspecified atom stereocenters. The number of carbonyl (C=O) groups is 3. The summed E-state index contributed by atoms with van der Waals surface area (Å²) in [5.41, 5.74) is 0.711. The van der Waals surface area contributed by atoms with Crippen LogP contribution in [0.4, 0.5) is 5.69 Å². The van der Waals surface area contributed by atoms with Crippen molar-refractivity contribution >= 4 is 23.5 Å². The zero-order chi connectivity index (χ0) is 28.4. The maximum absolute atomic E-state index is 12.6. The number of rotatable bonds is 14. The van der Waals surface area contributed by atoms with Crippen LogP contribution in [-0.4, -0.2) is 81.6 Å². The summed E-state index contributed by atoms with van der Waals surface area (Å²) in [5.74, 6) is -2.48. The summed E-state index contributed by atoms with van der Waals surface area (Å²) < 4.78 is 16.2. The fourth-order valence-corrected chi connectivity index (χ4v) is 3.78. The van der Waals surface area contributed by atoms with Crippen LogP contribution in [-0.2, 0) is 30.5 Å². The number of aliphatic hydroxyl groups excluding tert-OH is 3. The third-order valence-corrected chi connectivity index (χ3v) is 6.34. The Balaban J connectivity index is 2.22. The van der Waals surface area contributed by atoms with Gasteiger partial charge < -0.3 is 45.3 Å². The molecule has 1 aliphatic heterocycles. The number of hydrogen-bond donors (Lipinski definition) is 6. The molecule has 1 heterocycles. The minimum atomic E-state index is -1.87. The molecule has 214 valence electrons. The Labute approximate surface area is 222 Å². The highest BCUT2D eigenvalue weighted by atomic mass is 16.7. The Morgan fingerprint density at radius 2 is 1.79 bits per heavy atom. The molecule has 7 atom stereocenters. The van der Waals surface area contributed by atoms with Crippen molar-refractivity contribution in [3.8, 4) is 5.75 Å². The lowest BCUT2D eigenvalue weighted by atomic mass is 9.99. The third kappa shape index (κ3) is 8.91. The monoisotopic (exact) mass is 540 g/mol. The van der Waals surface area contributed by atoms with Gasteiger partial charge in [-0.05, 0) is 37.5 Å². The van der Waals surface area contributed by atoms with Gasteiger partial charge >= 0.3 is 11.9 Å². The zero-order valence-electron chi connectivity index (χ0n) is 22.3. The quantitative estimate of drug-likeness (QED) is 0.186. The van der Waals surface area contributed by atoms with Crippen molar-refractivity contribution in [2.45, 2.75) is 96.7 Å². The van der Waals surface area contributed by atoms with Crippen LogP contribution >= 0.6 is 0 Å². The lowest BCUT2D eigenvalue weighted by Crippen LogP contribution is -2.61. The van der Waals surface area contributed by atoms with Crippen LogP contribution in [0.1, 0.15) is 58.9 Å². The van der Waals surface area contributed by atoms with Crippen LogP contribution in [0.5, 0.6) is 5.75 Å². The second-order valence-electron chi connectivity index (χ2n) is 9.54. The predicted octanol–water partition coefficient (Wildman–Crippen LogP) is 1.15. The van der Waals surface area contributed by atoms with Crippen LogP contribution in [0.15, 0.2) is 18.2 Å². The van der Waals surface area contributed by atoms with Crippen LogP contribution in [0.25, 0.3) is 0 Å². The van der Waals surface area contributed by atoms with E-state index in [1.807, 2.05) is 20.8 Å². The molecule has 0 aromatic heterocycles. The van der Waals surface area contributed by atoms with Gasteiger partial charge in [-0.15, -0.1) is 0 Å². The summed E-state index contributed by atoms with van der Waals surface area (Å²) in [6.45, 7) is 8.16. The highest BCUT2D eigenvalue weighted by molar-refractivity contribution is 5.92. The van der Waals surface area contributed by atoms with Gasteiger partial charge in [0.2, 0.25) is 12.2 Å². The molecule has 0 bridgehead atoms. The van der Waals surface area contributed by atoms with Gasteiger partial charge in [0.1, 0.15) is 30.7 Å². The van der Waals surface area contributed by atoms with Crippen molar-refractivity contribution in [3.05, 3.63) is 23.8 Å². The number of esters is 1. The Bertz CT molecular complexity index is 943. The summed E-state index contributed by atoms with van der Waals surface area (Å²) in [6.07, 6.45) is -6.40. The fourth-order valence-electron chi connectivity index (χ4n) is 3.78. The largest absolute Gasteiger partial charge is 0.479 e. The van der Waals surface area contributed by atoms with E-state index >= 15 is 0 Å². The molecule has 1 saturated heterocycles. The number of carbonyl (C=O) groups excluding carboxylic acids is 2. The molecule has 6 N–H and O–H groups in total. The van der Waals surface area contributed by atoms with Crippen molar-refractivity contribution in [3.63, 3.8) is 0 Å². The average molecular weight is 541 g/mol. The maximum Gasteiger partial charge on any atom is 0.335 e. The van der Waals surface area contributed by atoms with Crippen molar-refractivity contribution in [2.75, 3.05) is 11.9 Å². The van der Waals surface area contributed by atoms with E-state index in [1.165, 1.54) is 12.1 Å². The topological polar surface area (TPSA) is 184 Å². The first-order valence-corrected chi connectivity index (χ1v) is 12.9. The molecule has 1 amide bonds. The molecule has 0 spiro atoms. The number of amides is 1. The van der Waals surface area contributed by atoms with E-state index in [9.17, 15) is 34.8 Å². The zero-order valence-corrected chi connectivity index (χ0v) is 22.3. The summed E-state index contributed by atoms with van der Waals surface area (Å²) >= 11 is 0. The number of nitrogens with one attached hydrogen (secondary N) is 2. The minimum Gasteiger partial charge on any atom is -0.479 e. The van der Waals surface area contributed by atoms with Gasteiger partial charge in [0.05, 0.1) is 11.6 Å². The number of anilines is 1. The molecule has 12 heteroatoms. The molecule has 1 fully saturated rings. The van der Waals surface area contributed by atoms with Crippen molar-refractivity contribution in [1.29, 1.82) is 0 Å². The highest BCUT2D eigenvalue weighted by Crippen LogP contribution is 2.31. The second kappa shape index (κ2) is 15.0. The molecule has 0 radical (unpaired) electrons. The Hall–Kier alpha value is -2.77. The highest BCUT2D eigenvalue weighted by Gasteiger charge is 2.48. The summed E-state index contributed by atoms with van der Waals surface area (Å²) in [5, 5.41) is 45.5. The molecule has 1 aromatic carbocycles. The van der Waals surface area contributed by atoms with Crippen molar-refractivity contribution < 1.29 is 49.0 Å². The maximum atomic E-state index is 12.6. The Kier molecular flexibility index (Phi) is 12.4. The summed E-state index contributed by atoms with van der Waals surface area (Å²) in [7, 11) is 0.